The fraction of sp³-hybridized carbons (Fsp3) is 0.143. The molecule has 19 heavy (non-hydrogen) atoms. The molecule has 0 amide bonds. The van der Waals surface area contributed by atoms with E-state index in [4.69, 9.17) is 5.73 Å². The summed E-state index contributed by atoms with van der Waals surface area (Å²) < 4.78 is 0. The number of H-pyrrole nitrogens is 1. The largest absolute Gasteiger partial charge is 0.399 e. The molecule has 3 aromatic rings. The zero-order chi connectivity index (χ0) is 13.2. The molecule has 96 valence electrons. The number of nitrogen functional groups attached to an aromatic ring is 1. The Hall–Kier alpha value is -2.56. The Labute approximate surface area is 110 Å². The first-order valence-electron chi connectivity index (χ1n) is 6.12. The quantitative estimate of drug-likeness (QED) is 0.626. The molecular weight excluding hydrogens is 238 g/mol. The van der Waals surface area contributed by atoms with Gasteiger partial charge in [0, 0.05) is 11.9 Å². The number of aryl methyl sites for hydroxylation is 1. The van der Waals surface area contributed by atoms with Crippen molar-refractivity contribution in [3.05, 3.63) is 47.8 Å². The summed E-state index contributed by atoms with van der Waals surface area (Å²) in [6, 6.07) is 9.60. The number of nitrogens with two attached hydrogens (primary N) is 1. The van der Waals surface area contributed by atoms with Crippen LogP contribution in [0, 0.1) is 6.92 Å². The van der Waals surface area contributed by atoms with Crippen molar-refractivity contribution in [3.8, 4) is 0 Å². The van der Waals surface area contributed by atoms with Gasteiger partial charge in [-0.05, 0) is 36.8 Å². The highest BCUT2D eigenvalue weighted by Crippen LogP contribution is 2.17. The number of hydrogen-bond acceptors (Lipinski definition) is 4. The minimum absolute atomic E-state index is 0.641. The summed E-state index contributed by atoms with van der Waals surface area (Å²) in [5.41, 5.74) is 10.5. The summed E-state index contributed by atoms with van der Waals surface area (Å²) in [6.07, 6.45) is 1.79. The summed E-state index contributed by atoms with van der Waals surface area (Å²) in [5, 5.41) is 3.24. The van der Waals surface area contributed by atoms with Crippen LogP contribution in [0.1, 0.15) is 11.3 Å². The Morgan fingerprint density at radius 2 is 2.21 bits per heavy atom. The summed E-state index contributed by atoms with van der Waals surface area (Å²) in [4.78, 5) is 12.0. The number of aromatic amines is 1. The van der Waals surface area contributed by atoms with Crippen LogP contribution in [0.15, 0.2) is 36.5 Å². The third-order valence-corrected chi connectivity index (χ3v) is 3.05. The van der Waals surface area contributed by atoms with Crippen LogP contribution in [0.3, 0.4) is 0 Å². The molecule has 0 fully saturated rings. The molecule has 0 saturated carbocycles. The van der Waals surface area contributed by atoms with Crippen LogP contribution >= 0.6 is 0 Å². The third kappa shape index (κ3) is 2.35. The maximum atomic E-state index is 5.74. The fourth-order valence-corrected chi connectivity index (χ4v) is 1.98. The number of benzene rings is 1. The number of hydrogen-bond donors (Lipinski definition) is 3. The minimum Gasteiger partial charge on any atom is -0.399 e. The monoisotopic (exact) mass is 253 g/mol. The molecule has 5 heteroatoms. The Kier molecular flexibility index (Phi) is 2.79. The second-order valence-corrected chi connectivity index (χ2v) is 4.48. The minimum atomic E-state index is 0.641. The van der Waals surface area contributed by atoms with Crippen molar-refractivity contribution in [1.82, 2.24) is 15.0 Å². The third-order valence-electron chi connectivity index (χ3n) is 3.05. The standard InChI is InChI=1S/C14H15N5/c1-9-3-2-6-16-13(9)8-17-14-18-11-5-4-10(15)7-12(11)19-14/h2-7H,8,15H2,1H3,(H2,17,18,19). The van der Waals surface area contributed by atoms with Crippen LogP contribution in [-0.4, -0.2) is 15.0 Å². The van der Waals surface area contributed by atoms with Gasteiger partial charge in [0.1, 0.15) is 0 Å². The smallest absolute Gasteiger partial charge is 0.201 e. The zero-order valence-electron chi connectivity index (χ0n) is 10.6. The Morgan fingerprint density at radius 3 is 3.05 bits per heavy atom. The lowest BCUT2D eigenvalue weighted by molar-refractivity contribution is 0.999. The summed E-state index contributed by atoms with van der Waals surface area (Å²) in [7, 11) is 0. The van der Waals surface area contributed by atoms with E-state index in [2.05, 4.69) is 20.3 Å². The molecule has 0 unspecified atom stereocenters. The second-order valence-electron chi connectivity index (χ2n) is 4.48. The molecular formula is C14H15N5. The molecule has 0 spiro atoms. The maximum absolute atomic E-state index is 5.74. The van der Waals surface area contributed by atoms with Gasteiger partial charge in [-0.2, -0.15) is 0 Å². The van der Waals surface area contributed by atoms with Crippen molar-refractivity contribution in [2.45, 2.75) is 13.5 Å². The maximum Gasteiger partial charge on any atom is 0.201 e. The summed E-state index contributed by atoms with van der Waals surface area (Å²) in [5.74, 6) is 0.727. The number of fused-ring (bicyclic) bond motifs is 1. The van der Waals surface area contributed by atoms with Gasteiger partial charge >= 0.3 is 0 Å². The van der Waals surface area contributed by atoms with Crippen molar-refractivity contribution < 1.29 is 0 Å². The van der Waals surface area contributed by atoms with E-state index in [9.17, 15) is 0 Å². The van der Waals surface area contributed by atoms with Gasteiger partial charge < -0.3 is 16.0 Å². The number of nitrogens with one attached hydrogen (secondary N) is 2. The Morgan fingerprint density at radius 1 is 1.32 bits per heavy atom. The van der Waals surface area contributed by atoms with Gasteiger partial charge in [-0.25, -0.2) is 4.98 Å². The van der Waals surface area contributed by atoms with E-state index in [1.165, 1.54) is 0 Å². The Bertz CT molecular complexity index is 717. The molecule has 5 nitrogen and oxygen atoms in total. The van der Waals surface area contributed by atoms with Crippen LogP contribution in [-0.2, 0) is 6.54 Å². The normalized spacial score (nSPS) is 10.8. The van der Waals surface area contributed by atoms with E-state index >= 15 is 0 Å². The number of nitrogens with zero attached hydrogens (tertiary/aromatic N) is 2. The number of pyridine rings is 1. The van der Waals surface area contributed by atoms with Crippen molar-refractivity contribution in [3.63, 3.8) is 0 Å². The lowest BCUT2D eigenvalue weighted by atomic mass is 10.2. The van der Waals surface area contributed by atoms with E-state index in [0.29, 0.717) is 6.54 Å². The molecule has 0 bridgehead atoms. The van der Waals surface area contributed by atoms with E-state index in [-0.39, 0.29) is 0 Å². The molecule has 0 aliphatic carbocycles. The lowest BCUT2D eigenvalue weighted by Gasteiger charge is -2.04. The first-order chi connectivity index (χ1) is 9.22. The molecule has 0 aliphatic heterocycles. The molecule has 0 radical (unpaired) electrons. The highest BCUT2D eigenvalue weighted by atomic mass is 15.1. The number of rotatable bonds is 3. The van der Waals surface area contributed by atoms with Gasteiger partial charge in [-0.15, -0.1) is 0 Å². The van der Waals surface area contributed by atoms with Crippen molar-refractivity contribution >= 4 is 22.7 Å². The highest BCUT2D eigenvalue weighted by molar-refractivity contribution is 5.80. The Balaban J connectivity index is 1.80. The predicted molar refractivity (Wildman–Crippen MR) is 76.8 cm³/mol. The van der Waals surface area contributed by atoms with E-state index in [0.717, 1.165) is 33.9 Å². The summed E-state index contributed by atoms with van der Waals surface area (Å²) >= 11 is 0. The van der Waals surface area contributed by atoms with Gasteiger partial charge in [0.25, 0.3) is 0 Å². The predicted octanol–water partition coefficient (Wildman–Crippen LogP) is 2.46. The van der Waals surface area contributed by atoms with Crippen LogP contribution in [0.2, 0.25) is 0 Å². The van der Waals surface area contributed by atoms with E-state index in [1.807, 2.05) is 37.3 Å². The molecule has 1 aromatic carbocycles. The first kappa shape index (κ1) is 11.5. The van der Waals surface area contributed by atoms with Crippen LogP contribution in [0.25, 0.3) is 11.0 Å². The van der Waals surface area contributed by atoms with Gasteiger partial charge in [0.15, 0.2) is 0 Å². The molecule has 0 saturated heterocycles. The number of anilines is 2. The second kappa shape index (κ2) is 4.61. The van der Waals surface area contributed by atoms with Crippen LogP contribution in [0.5, 0.6) is 0 Å². The van der Waals surface area contributed by atoms with Crippen molar-refractivity contribution in [2.75, 3.05) is 11.1 Å². The molecule has 0 atom stereocenters. The van der Waals surface area contributed by atoms with Crippen LogP contribution < -0.4 is 11.1 Å². The first-order valence-corrected chi connectivity index (χ1v) is 6.12. The zero-order valence-corrected chi connectivity index (χ0v) is 10.6. The van der Waals surface area contributed by atoms with E-state index < -0.39 is 0 Å². The molecule has 2 heterocycles. The van der Waals surface area contributed by atoms with Crippen molar-refractivity contribution in [2.24, 2.45) is 0 Å². The average Bonchev–Trinajstić information content (AvgIpc) is 2.79. The van der Waals surface area contributed by atoms with Gasteiger partial charge in [-0.3, -0.25) is 4.98 Å². The summed E-state index contributed by atoms with van der Waals surface area (Å²) in [6.45, 7) is 2.69. The highest BCUT2D eigenvalue weighted by Gasteiger charge is 2.04. The SMILES string of the molecule is Cc1cccnc1CNc1nc2ccc(N)cc2[nH]1. The molecule has 2 aromatic heterocycles. The fourth-order valence-electron chi connectivity index (χ4n) is 1.98. The molecule has 0 aliphatic rings. The molecule has 4 N–H and O–H groups in total. The lowest BCUT2D eigenvalue weighted by Crippen LogP contribution is -2.04. The topological polar surface area (TPSA) is 79.6 Å². The van der Waals surface area contributed by atoms with E-state index in [1.54, 1.807) is 6.20 Å². The van der Waals surface area contributed by atoms with Gasteiger partial charge in [0.05, 0.1) is 23.3 Å². The molecule has 3 rings (SSSR count). The number of aromatic nitrogens is 3. The average molecular weight is 253 g/mol. The van der Waals surface area contributed by atoms with Gasteiger partial charge in [-0.1, -0.05) is 6.07 Å². The van der Waals surface area contributed by atoms with Crippen molar-refractivity contribution in [1.29, 1.82) is 0 Å². The van der Waals surface area contributed by atoms with Gasteiger partial charge in [0.2, 0.25) is 5.95 Å². The number of imidazole rings is 1. The van der Waals surface area contributed by atoms with Crippen LogP contribution in [0.4, 0.5) is 11.6 Å².